The third-order valence-electron chi connectivity index (χ3n) is 4.96. The van der Waals surface area contributed by atoms with E-state index >= 15 is 0 Å². The van der Waals surface area contributed by atoms with E-state index in [0.29, 0.717) is 44.4 Å². The minimum Gasteiger partial charge on any atom is -0.321 e. The first-order chi connectivity index (χ1) is 16.5. The van der Waals surface area contributed by atoms with Gasteiger partial charge in [-0.15, -0.1) is 11.3 Å². The monoisotopic (exact) mass is 513 g/mol. The number of benzene rings is 1. The van der Waals surface area contributed by atoms with Crippen LogP contribution in [0.25, 0.3) is 10.2 Å². The quantitative estimate of drug-likeness (QED) is 0.341. The van der Waals surface area contributed by atoms with E-state index in [2.05, 4.69) is 30.0 Å². The van der Waals surface area contributed by atoms with Gasteiger partial charge in [-0.3, -0.25) is 9.59 Å². The number of carbonyl (C=O) groups is 1. The van der Waals surface area contributed by atoms with Gasteiger partial charge in [0.15, 0.2) is 0 Å². The van der Waals surface area contributed by atoms with Crippen LogP contribution in [0.4, 0.5) is 11.6 Å². The van der Waals surface area contributed by atoms with Crippen molar-refractivity contribution in [1.82, 2.24) is 24.8 Å². The Balaban J connectivity index is 1.54. The zero-order valence-electron chi connectivity index (χ0n) is 19.4. The number of H-pyrrole nitrogens is 1. The van der Waals surface area contributed by atoms with E-state index in [1.54, 1.807) is 19.9 Å². The lowest BCUT2D eigenvalue weighted by Crippen LogP contribution is -2.18. The molecule has 0 bridgehead atoms. The molecule has 0 fully saturated rings. The van der Waals surface area contributed by atoms with Crippen LogP contribution >= 0.6 is 11.3 Å². The van der Waals surface area contributed by atoms with Crippen LogP contribution in [0.5, 0.6) is 0 Å². The van der Waals surface area contributed by atoms with Gasteiger partial charge in [-0.1, -0.05) is 0 Å². The number of hydrogen-bond acceptors (Lipinski definition) is 9. The molecular formula is C22H23N7O4S2. The Hall–Kier alpha value is -3.68. The van der Waals surface area contributed by atoms with Crippen molar-refractivity contribution in [3.8, 4) is 0 Å². The highest BCUT2D eigenvalue weighted by atomic mass is 32.2. The summed E-state index contributed by atoms with van der Waals surface area (Å²) in [5.41, 5.74) is 1.26. The summed E-state index contributed by atoms with van der Waals surface area (Å²) in [4.78, 5) is 43.4. The largest absolute Gasteiger partial charge is 0.321 e. The average molecular weight is 514 g/mol. The van der Waals surface area contributed by atoms with Crippen LogP contribution in [0.1, 0.15) is 26.8 Å². The van der Waals surface area contributed by atoms with E-state index in [1.165, 1.54) is 30.5 Å². The summed E-state index contributed by atoms with van der Waals surface area (Å²) in [5, 5.41) is 3.13. The van der Waals surface area contributed by atoms with Crippen LogP contribution in [-0.2, 0) is 16.6 Å². The lowest BCUT2D eigenvalue weighted by molar-refractivity contribution is 0.103. The zero-order chi connectivity index (χ0) is 25.3. The molecule has 0 aliphatic carbocycles. The molecule has 0 unspecified atom stereocenters. The average Bonchev–Trinajstić information content (AvgIpc) is 3.10. The van der Waals surface area contributed by atoms with Gasteiger partial charge in [-0.25, -0.2) is 28.1 Å². The van der Waals surface area contributed by atoms with Crippen molar-refractivity contribution in [3.05, 3.63) is 68.8 Å². The molecule has 3 aromatic heterocycles. The number of carbonyl (C=O) groups excluding carboxylic acids is 1. The Kier molecular flexibility index (Phi) is 6.65. The summed E-state index contributed by atoms with van der Waals surface area (Å²) in [5.74, 6) is 0.0723. The highest BCUT2D eigenvalue weighted by Crippen LogP contribution is 2.28. The number of sulfonamides is 1. The van der Waals surface area contributed by atoms with Crippen molar-refractivity contribution in [1.29, 1.82) is 0 Å². The number of thiophene rings is 1. The molecule has 1 amide bonds. The highest BCUT2D eigenvalue weighted by molar-refractivity contribution is 7.92. The van der Waals surface area contributed by atoms with Gasteiger partial charge in [0.05, 0.1) is 21.7 Å². The molecule has 3 heterocycles. The Bertz CT molecular complexity index is 1580. The number of aromatic amines is 1. The lowest BCUT2D eigenvalue weighted by Gasteiger charge is -2.08. The van der Waals surface area contributed by atoms with Gasteiger partial charge in [0.2, 0.25) is 5.95 Å². The number of fused-ring (bicyclic) bond motifs is 1. The first kappa shape index (κ1) is 24.4. The number of aryl methyl sites for hydroxylation is 2. The molecule has 3 N–H and O–H groups in total. The predicted molar refractivity (Wildman–Crippen MR) is 134 cm³/mol. The van der Waals surface area contributed by atoms with Gasteiger partial charge in [-0.2, -0.15) is 0 Å². The Morgan fingerprint density at radius 1 is 1.11 bits per heavy atom. The number of nitrogens with zero attached hydrogens (tertiary/aromatic N) is 4. The molecule has 13 heteroatoms. The van der Waals surface area contributed by atoms with Gasteiger partial charge in [-0.05, 0) is 63.8 Å². The number of hydrogen-bond donors (Lipinski definition) is 3. The third kappa shape index (κ3) is 5.37. The Morgan fingerprint density at radius 2 is 1.83 bits per heavy atom. The fourth-order valence-corrected chi connectivity index (χ4v) is 5.41. The first-order valence-electron chi connectivity index (χ1n) is 10.4. The minimum atomic E-state index is -3.90. The summed E-state index contributed by atoms with van der Waals surface area (Å²) in [6.45, 7) is 3.89. The number of nitrogens with one attached hydrogen (secondary N) is 3. The van der Waals surface area contributed by atoms with Crippen LogP contribution < -0.4 is 15.6 Å². The molecule has 0 saturated heterocycles. The number of anilines is 2. The van der Waals surface area contributed by atoms with Crippen molar-refractivity contribution < 1.29 is 13.2 Å². The van der Waals surface area contributed by atoms with E-state index in [1.807, 2.05) is 19.0 Å². The topological polar surface area (TPSA) is 150 Å². The lowest BCUT2D eigenvalue weighted by atomic mass is 10.2. The summed E-state index contributed by atoms with van der Waals surface area (Å²) in [6, 6.07) is 7.35. The van der Waals surface area contributed by atoms with Gasteiger partial charge < -0.3 is 15.2 Å². The van der Waals surface area contributed by atoms with Crippen LogP contribution in [0.15, 0.2) is 46.2 Å². The molecule has 0 radical (unpaired) electrons. The van der Waals surface area contributed by atoms with Crippen molar-refractivity contribution in [2.24, 2.45) is 0 Å². The first-order valence-corrected chi connectivity index (χ1v) is 12.7. The van der Waals surface area contributed by atoms with E-state index in [0.717, 1.165) is 11.3 Å². The second kappa shape index (κ2) is 9.52. The molecule has 35 heavy (non-hydrogen) atoms. The number of amides is 1. The molecule has 0 atom stereocenters. The molecular weight excluding hydrogens is 490 g/mol. The molecule has 182 valence electrons. The maximum atomic E-state index is 12.9. The fraction of sp³-hybridized carbons (Fsp3) is 0.227. The second-order valence-corrected chi connectivity index (χ2v) is 10.8. The van der Waals surface area contributed by atoms with Crippen molar-refractivity contribution in [2.75, 3.05) is 24.1 Å². The van der Waals surface area contributed by atoms with Crippen molar-refractivity contribution in [2.45, 2.75) is 25.3 Å². The van der Waals surface area contributed by atoms with Gasteiger partial charge in [0.1, 0.15) is 10.7 Å². The molecule has 11 nitrogen and oxygen atoms in total. The molecule has 0 aliphatic rings. The summed E-state index contributed by atoms with van der Waals surface area (Å²) < 4.78 is 27.6. The van der Waals surface area contributed by atoms with Gasteiger partial charge in [0, 0.05) is 17.6 Å². The summed E-state index contributed by atoms with van der Waals surface area (Å²) in [7, 11) is -0.171. The van der Waals surface area contributed by atoms with Crippen molar-refractivity contribution >= 4 is 49.1 Å². The molecule has 0 spiro atoms. The number of rotatable bonds is 7. The number of aromatic nitrogens is 4. The van der Waals surface area contributed by atoms with Gasteiger partial charge >= 0.3 is 0 Å². The van der Waals surface area contributed by atoms with Crippen LogP contribution in [0, 0.1) is 13.8 Å². The SMILES string of the molecule is Cc1ccnc(NS(=O)(=O)c2ccc(NC(=O)c3sc4nc(CN(C)C)[nH]c(=O)c4c3C)cc2)n1. The molecule has 4 aromatic rings. The highest BCUT2D eigenvalue weighted by Gasteiger charge is 2.20. The molecule has 1 aromatic carbocycles. The predicted octanol–water partition coefficient (Wildman–Crippen LogP) is 2.51. The molecule has 0 aliphatic heterocycles. The van der Waals surface area contributed by atoms with Crippen molar-refractivity contribution in [3.63, 3.8) is 0 Å². The minimum absolute atomic E-state index is 0.0113. The molecule has 0 saturated carbocycles. The smallest absolute Gasteiger partial charge is 0.266 e. The zero-order valence-corrected chi connectivity index (χ0v) is 21.0. The van der Waals surface area contributed by atoms with Crippen LogP contribution in [0.3, 0.4) is 0 Å². The molecule has 4 rings (SSSR count). The van der Waals surface area contributed by atoms with E-state index in [4.69, 9.17) is 0 Å². The second-order valence-electron chi connectivity index (χ2n) is 8.09. The Morgan fingerprint density at radius 3 is 2.49 bits per heavy atom. The summed E-state index contributed by atoms with van der Waals surface area (Å²) in [6.07, 6.45) is 1.46. The van der Waals surface area contributed by atoms with E-state index in [9.17, 15) is 18.0 Å². The standard InChI is InChI=1S/C22H23N7O4S2/c1-12-9-10-23-22(24-12)28-35(32,33)15-7-5-14(6-8-15)25-20(31)18-13(2)17-19(30)26-16(11-29(3)4)27-21(17)34-18/h5-10H,11H2,1-4H3,(H,25,31)(H,23,24,28)(H,26,27,30). The maximum Gasteiger partial charge on any atom is 0.266 e. The Labute approximate surface area is 205 Å². The normalized spacial score (nSPS) is 11.7. The third-order valence-corrected chi connectivity index (χ3v) is 7.49. The van der Waals surface area contributed by atoms with Crippen LogP contribution in [-0.4, -0.2) is 53.3 Å². The van der Waals surface area contributed by atoms with E-state index < -0.39 is 15.9 Å². The van der Waals surface area contributed by atoms with Gasteiger partial charge in [0.25, 0.3) is 21.5 Å². The van der Waals surface area contributed by atoms with Crippen LogP contribution in [0.2, 0.25) is 0 Å². The summed E-state index contributed by atoms with van der Waals surface area (Å²) >= 11 is 1.13. The maximum absolute atomic E-state index is 12.9. The van der Waals surface area contributed by atoms with E-state index in [-0.39, 0.29) is 16.4 Å². The fourth-order valence-electron chi connectivity index (χ4n) is 3.36.